The van der Waals surface area contributed by atoms with Crippen molar-refractivity contribution >= 4 is 10.0 Å². The third kappa shape index (κ3) is 6.38. The zero-order valence-corrected chi connectivity index (χ0v) is 11.9. The summed E-state index contributed by atoms with van der Waals surface area (Å²) in [6, 6.07) is 2.84. The molecule has 0 aliphatic heterocycles. The van der Waals surface area contributed by atoms with E-state index in [0.717, 1.165) is 6.07 Å². The van der Waals surface area contributed by atoms with Crippen molar-refractivity contribution in [1.29, 1.82) is 0 Å². The summed E-state index contributed by atoms with van der Waals surface area (Å²) in [6.45, 7) is 1.20. The van der Waals surface area contributed by atoms with Crippen LogP contribution in [0.1, 0.15) is 24.8 Å². The van der Waals surface area contributed by atoms with E-state index in [4.69, 9.17) is 0 Å². The predicted octanol–water partition coefficient (Wildman–Crippen LogP) is 2.94. The van der Waals surface area contributed by atoms with Crippen molar-refractivity contribution in [1.82, 2.24) is 4.72 Å². The van der Waals surface area contributed by atoms with Crippen molar-refractivity contribution in [2.24, 2.45) is 0 Å². The summed E-state index contributed by atoms with van der Waals surface area (Å²) in [4.78, 5) is 0. The Kier molecular flexibility index (Phi) is 5.68. The van der Waals surface area contributed by atoms with Gasteiger partial charge in [0.1, 0.15) is 11.6 Å². The van der Waals surface area contributed by atoms with Crippen LogP contribution in [0.5, 0.6) is 0 Å². The Balaban J connectivity index is 2.61. The number of sulfonamides is 1. The Morgan fingerprint density at radius 1 is 1.24 bits per heavy atom. The van der Waals surface area contributed by atoms with E-state index in [1.54, 1.807) is 0 Å². The highest BCUT2D eigenvalue weighted by Crippen LogP contribution is 2.21. The van der Waals surface area contributed by atoms with Crippen LogP contribution < -0.4 is 4.72 Å². The van der Waals surface area contributed by atoms with Gasteiger partial charge in [0.2, 0.25) is 10.0 Å². The molecule has 0 amide bonds. The Labute approximate surface area is 119 Å². The summed E-state index contributed by atoms with van der Waals surface area (Å²) in [7, 11) is -4.11. The van der Waals surface area contributed by atoms with Crippen LogP contribution in [0.3, 0.4) is 0 Å². The fraction of sp³-hybridized carbons (Fsp3) is 0.500. The molecule has 0 aliphatic rings. The van der Waals surface area contributed by atoms with Crippen LogP contribution in [-0.2, 0) is 10.0 Å². The average Bonchev–Trinajstić information content (AvgIpc) is 2.33. The molecule has 21 heavy (non-hydrogen) atoms. The minimum Gasteiger partial charge on any atom is -0.215 e. The maximum Gasteiger partial charge on any atom is 0.390 e. The maximum atomic E-state index is 13.5. The molecular formula is C12H14F5NO2S. The first-order chi connectivity index (χ1) is 9.50. The lowest BCUT2D eigenvalue weighted by Gasteiger charge is -2.14. The van der Waals surface area contributed by atoms with E-state index >= 15 is 0 Å². The van der Waals surface area contributed by atoms with Gasteiger partial charge in [0.25, 0.3) is 0 Å². The summed E-state index contributed by atoms with van der Waals surface area (Å²) in [6.07, 6.45) is -6.02. The molecule has 1 unspecified atom stereocenters. The third-order valence-corrected chi connectivity index (χ3v) is 4.11. The number of hydrogen-bond donors (Lipinski definition) is 1. The van der Waals surface area contributed by atoms with Crippen LogP contribution in [0.15, 0.2) is 18.2 Å². The molecule has 0 saturated carbocycles. The van der Waals surface area contributed by atoms with Gasteiger partial charge in [-0.15, -0.1) is 0 Å². The van der Waals surface area contributed by atoms with Gasteiger partial charge in [0.15, 0.2) is 0 Å². The highest BCUT2D eigenvalue weighted by molar-refractivity contribution is 7.89. The van der Waals surface area contributed by atoms with Crippen molar-refractivity contribution in [2.75, 3.05) is 12.3 Å². The molecule has 1 rings (SSSR count). The summed E-state index contributed by atoms with van der Waals surface area (Å²) < 4.78 is 86.8. The second kappa shape index (κ2) is 6.69. The molecule has 1 aromatic carbocycles. The fourth-order valence-electron chi connectivity index (χ4n) is 1.59. The van der Waals surface area contributed by atoms with E-state index < -0.39 is 45.9 Å². The van der Waals surface area contributed by atoms with Crippen LogP contribution in [0.25, 0.3) is 0 Å². The summed E-state index contributed by atoms with van der Waals surface area (Å²) >= 11 is 0. The molecule has 0 fully saturated rings. The Bertz CT molecular complexity index is 586. The molecular weight excluding hydrogens is 317 g/mol. The Hall–Kier alpha value is -1.22. The standard InChI is InChI=1S/C12H14F5NO2S/c1-8(10-3-2-9(13)6-11(10)14)7-18-21(19,20)5-4-12(15,16)17/h2-3,6,8,18H,4-5,7H2,1H3. The highest BCUT2D eigenvalue weighted by atomic mass is 32.2. The molecule has 0 aromatic heterocycles. The van der Waals surface area contributed by atoms with Gasteiger partial charge in [-0.1, -0.05) is 13.0 Å². The largest absolute Gasteiger partial charge is 0.390 e. The molecule has 1 aromatic rings. The topological polar surface area (TPSA) is 46.2 Å². The van der Waals surface area contributed by atoms with Gasteiger partial charge in [0.05, 0.1) is 12.2 Å². The minimum absolute atomic E-state index is 0.0786. The number of nitrogens with one attached hydrogen (secondary N) is 1. The van der Waals surface area contributed by atoms with E-state index in [1.165, 1.54) is 13.0 Å². The van der Waals surface area contributed by atoms with Crippen molar-refractivity contribution in [3.05, 3.63) is 35.4 Å². The number of benzene rings is 1. The molecule has 0 bridgehead atoms. The summed E-state index contributed by atoms with van der Waals surface area (Å²) in [5.41, 5.74) is 0.0786. The van der Waals surface area contributed by atoms with Gasteiger partial charge in [-0.3, -0.25) is 0 Å². The zero-order valence-electron chi connectivity index (χ0n) is 11.0. The molecule has 3 nitrogen and oxygen atoms in total. The Morgan fingerprint density at radius 2 is 1.86 bits per heavy atom. The van der Waals surface area contributed by atoms with Crippen molar-refractivity contribution in [3.8, 4) is 0 Å². The Morgan fingerprint density at radius 3 is 2.38 bits per heavy atom. The highest BCUT2D eigenvalue weighted by Gasteiger charge is 2.30. The quantitative estimate of drug-likeness (QED) is 0.815. The van der Waals surface area contributed by atoms with Gasteiger partial charge in [0, 0.05) is 12.6 Å². The van der Waals surface area contributed by atoms with E-state index in [1.807, 2.05) is 4.72 Å². The fourth-order valence-corrected chi connectivity index (χ4v) is 2.73. The van der Waals surface area contributed by atoms with Gasteiger partial charge in [-0.05, 0) is 17.5 Å². The van der Waals surface area contributed by atoms with Crippen molar-refractivity contribution in [2.45, 2.75) is 25.4 Å². The molecule has 0 heterocycles. The van der Waals surface area contributed by atoms with E-state index in [9.17, 15) is 30.4 Å². The smallest absolute Gasteiger partial charge is 0.215 e. The van der Waals surface area contributed by atoms with Crippen LogP contribution >= 0.6 is 0 Å². The normalized spacial score (nSPS) is 14.2. The van der Waals surface area contributed by atoms with Gasteiger partial charge in [-0.2, -0.15) is 13.2 Å². The van der Waals surface area contributed by atoms with Gasteiger partial charge in [-0.25, -0.2) is 21.9 Å². The number of alkyl halides is 3. The maximum absolute atomic E-state index is 13.5. The molecule has 0 aliphatic carbocycles. The number of hydrogen-bond acceptors (Lipinski definition) is 2. The first-order valence-corrected chi connectivity index (χ1v) is 7.64. The zero-order chi connectivity index (χ0) is 16.3. The van der Waals surface area contributed by atoms with Crippen LogP contribution in [0, 0.1) is 11.6 Å². The molecule has 0 spiro atoms. The molecule has 0 radical (unpaired) electrons. The second-order valence-corrected chi connectivity index (χ2v) is 6.53. The molecule has 1 atom stereocenters. The lowest BCUT2D eigenvalue weighted by Crippen LogP contribution is -2.31. The SMILES string of the molecule is CC(CNS(=O)(=O)CCC(F)(F)F)c1ccc(F)cc1F. The summed E-state index contributed by atoms with van der Waals surface area (Å²) in [5, 5.41) is 0. The number of rotatable bonds is 6. The third-order valence-electron chi connectivity index (χ3n) is 2.76. The summed E-state index contributed by atoms with van der Waals surface area (Å²) in [5.74, 6) is -3.34. The van der Waals surface area contributed by atoms with Crippen molar-refractivity contribution < 1.29 is 30.4 Å². The van der Waals surface area contributed by atoms with E-state index in [0.29, 0.717) is 6.07 Å². The van der Waals surface area contributed by atoms with Gasteiger partial charge < -0.3 is 0 Å². The van der Waals surface area contributed by atoms with E-state index in [-0.39, 0.29) is 12.1 Å². The molecule has 0 saturated heterocycles. The van der Waals surface area contributed by atoms with Crippen molar-refractivity contribution in [3.63, 3.8) is 0 Å². The van der Waals surface area contributed by atoms with Gasteiger partial charge >= 0.3 is 6.18 Å². The monoisotopic (exact) mass is 331 g/mol. The first kappa shape index (κ1) is 17.8. The molecule has 9 heteroatoms. The lowest BCUT2D eigenvalue weighted by molar-refractivity contribution is -0.129. The minimum atomic E-state index is -4.57. The first-order valence-electron chi connectivity index (χ1n) is 5.99. The van der Waals surface area contributed by atoms with Crippen LogP contribution in [-0.4, -0.2) is 26.9 Å². The lowest BCUT2D eigenvalue weighted by atomic mass is 10.0. The molecule has 1 N–H and O–H groups in total. The predicted molar refractivity (Wildman–Crippen MR) is 67.2 cm³/mol. The average molecular weight is 331 g/mol. The second-order valence-electron chi connectivity index (χ2n) is 4.60. The van der Waals surface area contributed by atoms with Crippen LogP contribution in [0.4, 0.5) is 22.0 Å². The van der Waals surface area contributed by atoms with Crippen LogP contribution in [0.2, 0.25) is 0 Å². The molecule has 120 valence electrons. The number of halogens is 5. The van der Waals surface area contributed by atoms with E-state index in [2.05, 4.69) is 0 Å².